The molecule has 0 aliphatic heterocycles. The molecule has 0 bridgehead atoms. The summed E-state index contributed by atoms with van der Waals surface area (Å²) >= 11 is 0. The van der Waals surface area contributed by atoms with Crippen LogP contribution in [0.3, 0.4) is 0 Å². The van der Waals surface area contributed by atoms with Gasteiger partial charge in [-0.1, -0.05) is 6.07 Å². The molecule has 0 aliphatic rings. The first-order valence-electron chi connectivity index (χ1n) is 10.9. The molecule has 0 saturated carbocycles. The Balaban J connectivity index is 1.51. The minimum atomic E-state index is -4.88. The van der Waals surface area contributed by atoms with Gasteiger partial charge >= 0.3 is 6.36 Å². The molecule has 5 aromatic rings. The third kappa shape index (κ3) is 5.10. The lowest BCUT2D eigenvalue weighted by molar-refractivity contribution is -0.274. The highest BCUT2D eigenvalue weighted by molar-refractivity contribution is 6.04. The summed E-state index contributed by atoms with van der Waals surface area (Å²) < 4.78 is 57.1. The Morgan fingerprint density at radius 3 is 2.59 bits per heavy atom. The summed E-state index contributed by atoms with van der Waals surface area (Å²) in [6.45, 7) is 1.65. The van der Waals surface area contributed by atoms with E-state index >= 15 is 0 Å². The van der Waals surface area contributed by atoms with Crippen molar-refractivity contribution in [3.63, 3.8) is 0 Å². The molecule has 2 aromatic carbocycles. The highest BCUT2D eigenvalue weighted by atomic mass is 19.4. The maximum atomic E-state index is 13.9. The van der Waals surface area contributed by atoms with E-state index in [0.717, 1.165) is 12.1 Å². The molecule has 0 atom stereocenters. The topological polar surface area (TPSA) is 81.4 Å². The number of amides is 1. The van der Waals surface area contributed by atoms with Crippen molar-refractivity contribution in [2.75, 3.05) is 5.32 Å². The Bertz CT molecular complexity index is 1630. The van der Waals surface area contributed by atoms with Crippen molar-refractivity contribution in [2.45, 2.75) is 13.3 Å². The van der Waals surface area contributed by atoms with Crippen LogP contribution < -0.4 is 10.1 Å². The second-order valence-corrected chi connectivity index (χ2v) is 8.03. The number of hydrogen-bond donors (Lipinski definition) is 1. The minimum absolute atomic E-state index is 0.0482. The number of carbonyl (C=O) groups excluding carboxylic acids is 1. The number of imidazole rings is 1. The van der Waals surface area contributed by atoms with Crippen LogP contribution >= 0.6 is 0 Å². The predicted molar refractivity (Wildman–Crippen MR) is 127 cm³/mol. The fourth-order valence-corrected chi connectivity index (χ4v) is 3.81. The number of aromatic nitrogens is 4. The van der Waals surface area contributed by atoms with Gasteiger partial charge in [0.05, 0.1) is 5.69 Å². The number of benzene rings is 2. The quantitative estimate of drug-likeness (QED) is 0.293. The zero-order valence-corrected chi connectivity index (χ0v) is 19.1. The largest absolute Gasteiger partial charge is 0.573 e. The number of nitrogens with one attached hydrogen (secondary N) is 1. The molecular weight excluding hydrogens is 490 g/mol. The van der Waals surface area contributed by atoms with Gasteiger partial charge in [-0.3, -0.25) is 4.79 Å². The molecule has 0 unspecified atom stereocenters. The van der Waals surface area contributed by atoms with Crippen molar-refractivity contribution in [1.82, 2.24) is 19.6 Å². The lowest BCUT2D eigenvalue weighted by Gasteiger charge is -2.11. The number of anilines is 1. The highest BCUT2D eigenvalue weighted by Gasteiger charge is 2.31. The lowest BCUT2D eigenvalue weighted by atomic mass is 10.0. The summed E-state index contributed by atoms with van der Waals surface area (Å²) in [5.41, 5.74) is 3.35. The number of fused-ring (bicyclic) bond motifs is 1. The molecule has 0 aliphatic carbocycles. The standard InChI is InChI=1S/C26H17F4N5O2/c1-15-12-16(7-8-20(15)27)23-24(35-22(34-23)6-3-10-32-35)17-9-11-31-21(14-17)33-25(36)18-4-2-5-19(13-18)37-26(28,29)30/h2-14H,1H3,(H,31,33,36). The first-order valence-corrected chi connectivity index (χ1v) is 10.9. The molecular formula is C26H17F4N5O2. The van der Waals surface area contributed by atoms with Crippen molar-refractivity contribution in [3.05, 3.63) is 96.1 Å². The SMILES string of the molecule is Cc1cc(-c2nc3cccnn3c2-c2ccnc(NC(=O)c3cccc(OC(F)(F)F)c3)c2)ccc1F. The van der Waals surface area contributed by atoms with Crippen LogP contribution in [0.1, 0.15) is 15.9 Å². The van der Waals surface area contributed by atoms with Gasteiger partial charge in [-0.05, 0) is 73.2 Å². The van der Waals surface area contributed by atoms with Gasteiger partial charge in [0.15, 0.2) is 5.65 Å². The van der Waals surface area contributed by atoms with Crippen LogP contribution in [0.5, 0.6) is 5.75 Å². The zero-order chi connectivity index (χ0) is 26.2. The summed E-state index contributed by atoms with van der Waals surface area (Å²) in [5.74, 6) is -1.39. The van der Waals surface area contributed by atoms with E-state index in [4.69, 9.17) is 0 Å². The number of halogens is 4. The van der Waals surface area contributed by atoms with E-state index in [9.17, 15) is 22.4 Å². The molecule has 5 rings (SSSR count). The molecule has 186 valence electrons. The van der Waals surface area contributed by atoms with E-state index in [2.05, 4.69) is 25.1 Å². The van der Waals surface area contributed by atoms with Gasteiger partial charge in [0.2, 0.25) is 0 Å². The Kier molecular flexibility index (Phi) is 6.04. The predicted octanol–water partition coefficient (Wildman–Crippen LogP) is 6.06. The van der Waals surface area contributed by atoms with Crippen LogP contribution in [-0.2, 0) is 0 Å². The number of alkyl halides is 3. The van der Waals surface area contributed by atoms with Crippen LogP contribution in [0, 0.1) is 12.7 Å². The van der Waals surface area contributed by atoms with Crippen molar-refractivity contribution in [3.8, 4) is 28.3 Å². The van der Waals surface area contributed by atoms with Crippen molar-refractivity contribution >= 4 is 17.4 Å². The number of carbonyl (C=O) groups is 1. The average molecular weight is 507 g/mol. The maximum Gasteiger partial charge on any atom is 0.573 e. The van der Waals surface area contributed by atoms with E-state index in [1.807, 2.05) is 0 Å². The second-order valence-electron chi connectivity index (χ2n) is 8.03. The molecule has 0 radical (unpaired) electrons. The Labute approximate surface area is 207 Å². The number of rotatable bonds is 5. The van der Waals surface area contributed by atoms with Gasteiger partial charge in [-0.2, -0.15) is 5.10 Å². The molecule has 11 heteroatoms. The van der Waals surface area contributed by atoms with Gasteiger partial charge in [-0.25, -0.2) is 18.9 Å². The smallest absolute Gasteiger partial charge is 0.406 e. The number of pyridine rings is 1. The normalized spacial score (nSPS) is 11.5. The van der Waals surface area contributed by atoms with Crippen LogP contribution in [0.15, 0.2) is 79.1 Å². The molecule has 0 saturated heterocycles. The Hall–Kier alpha value is -4.80. The third-order valence-electron chi connectivity index (χ3n) is 5.43. The molecule has 3 heterocycles. The highest BCUT2D eigenvalue weighted by Crippen LogP contribution is 2.34. The summed E-state index contributed by atoms with van der Waals surface area (Å²) in [6.07, 6.45) is -1.82. The molecule has 37 heavy (non-hydrogen) atoms. The van der Waals surface area contributed by atoms with E-state index in [1.165, 1.54) is 24.4 Å². The first-order chi connectivity index (χ1) is 17.7. The fourth-order valence-electron chi connectivity index (χ4n) is 3.81. The summed E-state index contributed by atoms with van der Waals surface area (Å²) in [6, 6.07) is 16.2. The zero-order valence-electron chi connectivity index (χ0n) is 19.1. The van der Waals surface area contributed by atoms with Gasteiger partial charge in [-0.15, -0.1) is 13.2 Å². The molecule has 0 fully saturated rings. The molecule has 1 amide bonds. The first kappa shape index (κ1) is 23.9. The van der Waals surface area contributed by atoms with E-state index in [1.54, 1.807) is 54.0 Å². The monoisotopic (exact) mass is 507 g/mol. The van der Waals surface area contributed by atoms with E-state index in [0.29, 0.717) is 33.7 Å². The van der Waals surface area contributed by atoms with Gasteiger partial charge in [0.1, 0.15) is 23.1 Å². The molecule has 0 spiro atoms. The van der Waals surface area contributed by atoms with Gasteiger partial charge in [0, 0.05) is 29.1 Å². The summed E-state index contributed by atoms with van der Waals surface area (Å²) in [5, 5.41) is 6.98. The fraction of sp³-hybridized carbons (Fsp3) is 0.0769. The third-order valence-corrected chi connectivity index (χ3v) is 5.43. The molecule has 7 nitrogen and oxygen atoms in total. The van der Waals surface area contributed by atoms with Crippen molar-refractivity contribution < 1.29 is 27.1 Å². The summed E-state index contributed by atoms with van der Waals surface area (Å²) in [4.78, 5) is 21.6. The number of nitrogens with zero attached hydrogens (tertiary/aromatic N) is 4. The van der Waals surface area contributed by atoms with Crippen LogP contribution in [0.25, 0.3) is 28.2 Å². The number of aryl methyl sites for hydroxylation is 1. The Morgan fingerprint density at radius 1 is 0.973 bits per heavy atom. The van der Waals surface area contributed by atoms with Crippen LogP contribution in [-0.4, -0.2) is 31.9 Å². The maximum absolute atomic E-state index is 13.9. The molecule has 1 N–H and O–H groups in total. The second kappa shape index (κ2) is 9.34. The molecule has 3 aromatic heterocycles. The van der Waals surface area contributed by atoms with Crippen molar-refractivity contribution in [2.24, 2.45) is 0 Å². The van der Waals surface area contributed by atoms with Crippen LogP contribution in [0.2, 0.25) is 0 Å². The van der Waals surface area contributed by atoms with Crippen molar-refractivity contribution in [1.29, 1.82) is 0 Å². The number of hydrogen-bond acceptors (Lipinski definition) is 5. The van der Waals surface area contributed by atoms with Crippen LogP contribution in [0.4, 0.5) is 23.4 Å². The number of ether oxygens (including phenoxy) is 1. The van der Waals surface area contributed by atoms with Gasteiger partial charge < -0.3 is 10.1 Å². The minimum Gasteiger partial charge on any atom is -0.406 e. The Morgan fingerprint density at radius 2 is 1.81 bits per heavy atom. The summed E-state index contributed by atoms with van der Waals surface area (Å²) in [7, 11) is 0. The van der Waals surface area contributed by atoms with E-state index < -0.39 is 18.0 Å². The van der Waals surface area contributed by atoms with Gasteiger partial charge in [0.25, 0.3) is 5.91 Å². The van der Waals surface area contributed by atoms with E-state index in [-0.39, 0.29) is 17.2 Å². The lowest BCUT2D eigenvalue weighted by Crippen LogP contribution is -2.18. The average Bonchev–Trinajstić information content (AvgIpc) is 3.25.